The number of rotatable bonds is 3. The monoisotopic (exact) mass is 360 g/mol. The molecule has 102 valence electrons. The third-order valence-electron chi connectivity index (χ3n) is 2.01. The van der Waals surface area contributed by atoms with Gasteiger partial charge in [0.15, 0.2) is 14.4 Å². The molecule has 0 aromatic heterocycles. The van der Waals surface area contributed by atoms with Gasteiger partial charge in [0, 0.05) is 15.1 Å². The summed E-state index contributed by atoms with van der Waals surface area (Å²) in [6, 6.07) is 4.30. The molecule has 18 heavy (non-hydrogen) atoms. The Balaban J connectivity index is 3.22. The summed E-state index contributed by atoms with van der Waals surface area (Å²) in [4.78, 5) is 0. The maximum Gasteiger partial charge on any atom is 0.417 e. The summed E-state index contributed by atoms with van der Waals surface area (Å²) in [6.45, 7) is 5.14. The second kappa shape index (κ2) is 5.52. The van der Waals surface area contributed by atoms with Crippen LogP contribution in [0.4, 0.5) is 13.2 Å². The van der Waals surface area contributed by atoms with E-state index in [2.05, 4.69) is 15.9 Å². The minimum absolute atomic E-state index is 0.0115. The van der Waals surface area contributed by atoms with Crippen LogP contribution in [0.5, 0.6) is 0 Å². The molecule has 0 amide bonds. The van der Waals surface area contributed by atoms with Crippen LogP contribution in [0.25, 0.3) is 0 Å². The normalized spacial score (nSPS) is 14.7. The average molecular weight is 362 g/mol. The first kappa shape index (κ1) is 16.0. The van der Waals surface area contributed by atoms with E-state index in [1.54, 1.807) is 19.6 Å². The Hall–Kier alpha value is -0.0431. The van der Waals surface area contributed by atoms with E-state index in [4.69, 9.17) is 16.0 Å². The van der Waals surface area contributed by atoms with Crippen LogP contribution in [0, 0.1) is 0 Å². The topological polar surface area (TPSA) is 9.23 Å². The molecule has 0 radical (unpaired) electrons. The molecule has 0 aliphatic heterocycles. The lowest BCUT2D eigenvalue weighted by atomic mass is 10.1. The molecule has 1 rings (SSSR count). The van der Waals surface area contributed by atoms with Gasteiger partial charge in [0.2, 0.25) is 0 Å². The summed E-state index contributed by atoms with van der Waals surface area (Å²) in [5, 5.41) is 0.252. The Morgan fingerprint density at radius 2 is 1.83 bits per heavy atom. The zero-order valence-electron chi connectivity index (χ0n) is 10.1. The van der Waals surface area contributed by atoms with Crippen molar-refractivity contribution >= 4 is 35.8 Å². The highest BCUT2D eigenvalue weighted by molar-refractivity contribution is 9.10. The molecule has 0 aliphatic carbocycles. The number of hydrogen-bond donors (Lipinski definition) is 0. The van der Waals surface area contributed by atoms with Gasteiger partial charge in [-0.05, 0) is 37.8 Å². The smallest absolute Gasteiger partial charge is 0.403 e. The summed E-state index contributed by atoms with van der Waals surface area (Å²) in [6.07, 6.45) is -6.41. The Morgan fingerprint density at radius 1 is 1.28 bits per heavy atom. The van der Waals surface area contributed by atoms with E-state index in [1.807, 2.05) is 0 Å². The lowest BCUT2D eigenvalue weighted by Crippen LogP contribution is -2.35. The Kier molecular flexibility index (Phi) is 4.91. The van der Waals surface area contributed by atoms with Gasteiger partial charge in [-0.2, -0.15) is 13.2 Å². The predicted molar refractivity (Wildman–Crippen MR) is 72.4 cm³/mol. The highest BCUT2D eigenvalue weighted by atomic mass is 79.9. The van der Waals surface area contributed by atoms with Crippen LogP contribution >= 0.6 is 27.5 Å². The van der Waals surface area contributed by atoms with E-state index in [0.717, 1.165) is 0 Å². The minimum Gasteiger partial charge on any atom is -0.403 e. The number of alkyl halides is 3. The van der Waals surface area contributed by atoms with Crippen LogP contribution in [0.3, 0.4) is 0 Å². The van der Waals surface area contributed by atoms with E-state index < -0.39 is 20.6 Å². The Labute approximate surface area is 119 Å². The van der Waals surface area contributed by atoms with Crippen molar-refractivity contribution in [3.8, 4) is 0 Å². The summed E-state index contributed by atoms with van der Waals surface area (Å²) in [5.74, 6) is 0. The highest BCUT2D eigenvalue weighted by Gasteiger charge is 2.45. The van der Waals surface area contributed by atoms with Gasteiger partial charge < -0.3 is 4.43 Å². The largest absolute Gasteiger partial charge is 0.417 e. The molecule has 0 saturated heterocycles. The number of hydrogen-bond acceptors (Lipinski definition) is 1. The van der Waals surface area contributed by atoms with E-state index in [9.17, 15) is 13.2 Å². The quantitative estimate of drug-likeness (QED) is 0.641. The van der Waals surface area contributed by atoms with Crippen LogP contribution in [-0.4, -0.2) is 14.5 Å². The Morgan fingerprint density at radius 3 is 2.28 bits per heavy atom. The van der Waals surface area contributed by atoms with Gasteiger partial charge in [-0.3, -0.25) is 0 Å². The molecule has 0 saturated carbocycles. The van der Waals surface area contributed by atoms with Gasteiger partial charge in [-0.1, -0.05) is 27.5 Å². The van der Waals surface area contributed by atoms with Crippen LogP contribution < -0.4 is 0 Å². The van der Waals surface area contributed by atoms with Crippen molar-refractivity contribution in [2.24, 2.45) is 0 Å². The molecule has 0 heterocycles. The predicted octanol–water partition coefficient (Wildman–Crippen LogP) is 5.56. The summed E-state index contributed by atoms with van der Waals surface area (Å²) < 4.78 is 44.8. The molecule has 1 nitrogen and oxygen atoms in total. The second-order valence-electron chi connectivity index (χ2n) is 4.82. The molecule has 1 aromatic rings. The SMILES string of the molecule is C[Si](C)(C)OC(c1cc(Cl)ccc1Br)C(F)(F)F. The maximum absolute atomic E-state index is 13.1. The van der Waals surface area contributed by atoms with Gasteiger partial charge in [0.25, 0.3) is 0 Å². The maximum atomic E-state index is 13.1. The molecule has 0 bridgehead atoms. The van der Waals surface area contributed by atoms with E-state index in [0.29, 0.717) is 4.47 Å². The van der Waals surface area contributed by atoms with E-state index >= 15 is 0 Å². The molecule has 0 aliphatic rings. The third-order valence-corrected chi connectivity index (χ3v) is 3.91. The molecule has 1 unspecified atom stereocenters. The average Bonchev–Trinajstić information content (AvgIpc) is 2.15. The fraction of sp³-hybridized carbons (Fsp3) is 0.455. The zero-order chi connectivity index (χ0) is 14.1. The standard InChI is InChI=1S/C11H13BrClF3OSi/c1-18(2,3)17-10(11(14,15)16)8-6-7(13)4-5-9(8)12/h4-6,10H,1-3H3. The van der Waals surface area contributed by atoms with Crippen LogP contribution in [0.15, 0.2) is 22.7 Å². The number of benzene rings is 1. The van der Waals surface area contributed by atoms with Crippen molar-refractivity contribution in [2.75, 3.05) is 0 Å². The molecule has 1 aromatic carbocycles. The van der Waals surface area contributed by atoms with Gasteiger partial charge in [-0.25, -0.2) is 0 Å². The van der Waals surface area contributed by atoms with Crippen molar-refractivity contribution in [1.29, 1.82) is 0 Å². The lowest BCUT2D eigenvalue weighted by molar-refractivity contribution is -0.200. The molecule has 0 N–H and O–H groups in total. The lowest BCUT2D eigenvalue weighted by Gasteiger charge is -2.29. The number of halogens is 5. The second-order valence-corrected chi connectivity index (χ2v) is 10.6. The van der Waals surface area contributed by atoms with Gasteiger partial charge in [0.05, 0.1) is 0 Å². The fourth-order valence-corrected chi connectivity index (χ4v) is 2.98. The van der Waals surface area contributed by atoms with Gasteiger partial charge in [0.1, 0.15) is 0 Å². The molecule has 1 atom stereocenters. The molecule has 0 spiro atoms. The van der Waals surface area contributed by atoms with E-state index in [1.165, 1.54) is 18.2 Å². The van der Waals surface area contributed by atoms with Gasteiger partial charge in [-0.15, -0.1) is 0 Å². The third kappa shape index (κ3) is 4.57. The molecular weight excluding hydrogens is 349 g/mol. The Bertz CT molecular complexity index is 431. The fourth-order valence-electron chi connectivity index (χ4n) is 1.38. The van der Waals surface area contributed by atoms with Crippen LogP contribution in [0.1, 0.15) is 11.7 Å². The van der Waals surface area contributed by atoms with Crippen molar-refractivity contribution in [3.63, 3.8) is 0 Å². The molecule has 0 fully saturated rings. The van der Waals surface area contributed by atoms with Crippen molar-refractivity contribution < 1.29 is 17.6 Å². The molecular formula is C11H13BrClF3OSi. The first-order chi connectivity index (χ1) is 8.00. The van der Waals surface area contributed by atoms with Gasteiger partial charge >= 0.3 is 6.18 Å². The summed E-state index contributed by atoms with van der Waals surface area (Å²) >= 11 is 8.86. The zero-order valence-corrected chi connectivity index (χ0v) is 13.4. The molecule has 7 heteroatoms. The van der Waals surface area contributed by atoms with Crippen LogP contribution in [-0.2, 0) is 4.43 Å². The first-order valence-electron chi connectivity index (χ1n) is 5.20. The van der Waals surface area contributed by atoms with Crippen molar-refractivity contribution in [3.05, 3.63) is 33.3 Å². The highest BCUT2D eigenvalue weighted by Crippen LogP contribution is 2.41. The first-order valence-corrected chi connectivity index (χ1v) is 9.78. The van der Waals surface area contributed by atoms with E-state index in [-0.39, 0.29) is 10.6 Å². The minimum atomic E-state index is -4.46. The van der Waals surface area contributed by atoms with Crippen molar-refractivity contribution in [1.82, 2.24) is 0 Å². The van der Waals surface area contributed by atoms with Crippen LogP contribution in [0.2, 0.25) is 24.7 Å². The summed E-state index contributed by atoms with van der Waals surface area (Å²) in [5.41, 5.74) is 0.0115. The summed E-state index contributed by atoms with van der Waals surface area (Å²) in [7, 11) is -2.34. The van der Waals surface area contributed by atoms with Crippen molar-refractivity contribution in [2.45, 2.75) is 31.9 Å².